The van der Waals surface area contributed by atoms with E-state index in [1.54, 1.807) is 24.3 Å². The van der Waals surface area contributed by atoms with E-state index in [1.807, 2.05) is 6.07 Å². The van der Waals surface area contributed by atoms with Gasteiger partial charge in [0, 0.05) is 10.5 Å². The average molecular weight is 218 g/mol. The Hall–Kier alpha value is -0.900. The summed E-state index contributed by atoms with van der Waals surface area (Å²) in [7, 11) is 0. The second-order valence-corrected chi connectivity index (χ2v) is 1.98. The fourth-order valence-corrected chi connectivity index (χ4v) is 0.732. The van der Waals surface area contributed by atoms with Crippen molar-refractivity contribution >= 4 is 17.0 Å². The van der Waals surface area contributed by atoms with Gasteiger partial charge in [0.2, 0.25) is 6.54 Å². The van der Waals surface area contributed by atoms with Crippen LogP contribution in [-0.4, -0.2) is 4.92 Å². The molecule has 0 aliphatic carbocycles. The summed E-state index contributed by atoms with van der Waals surface area (Å²) in [5.74, 6) is 0. The molecule has 11 heavy (non-hydrogen) atoms. The van der Waals surface area contributed by atoms with Gasteiger partial charge >= 0.3 is 0 Å². The van der Waals surface area contributed by atoms with Crippen LogP contribution < -0.4 is 0 Å². The molecule has 60 valence electrons. The molecule has 0 heterocycles. The van der Waals surface area contributed by atoms with Crippen molar-refractivity contribution in [2.45, 2.75) is 6.54 Å². The summed E-state index contributed by atoms with van der Waals surface area (Å²) < 4.78 is 0. The molecule has 0 N–H and O–H groups in total. The molecule has 0 saturated carbocycles. The first kappa shape index (κ1) is 10.1. The maximum atomic E-state index is 9.97. The molecule has 0 atom stereocenters. The van der Waals surface area contributed by atoms with E-state index in [4.69, 9.17) is 0 Å². The van der Waals surface area contributed by atoms with Crippen molar-refractivity contribution in [1.29, 1.82) is 0 Å². The Bertz CT molecular complexity index is 225. The Labute approximate surface area is 75.0 Å². The molecular formula is C7H8BrNO2. The van der Waals surface area contributed by atoms with Crippen LogP contribution in [0.15, 0.2) is 30.3 Å². The smallest absolute Gasteiger partial charge is 0.228 e. The first-order chi connectivity index (χ1) is 4.79. The first-order valence-electron chi connectivity index (χ1n) is 2.95. The molecule has 1 aromatic carbocycles. The topological polar surface area (TPSA) is 43.1 Å². The first-order valence-corrected chi connectivity index (χ1v) is 2.95. The minimum atomic E-state index is -0.338. The Balaban J connectivity index is 0.000001000. The zero-order valence-corrected chi connectivity index (χ0v) is 7.48. The number of nitro groups is 1. The van der Waals surface area contributed by atoms with Gasteiger partial charge in [-0.2, -0.15) is 0 Å². The van der Waals surface area contributed by atoms with Crippen LogP contribution in [0, 0.1) is 10.1 Å². The summed E-state index contributed by atoms with van der Waals surface area (Å²) >= 11 is 0. The molecule has 0 aliphatic heterocycles. The molecule has 0 fully saturated rings. The predicted molar refractivity (Wildman–Crippen MR) is 47.5 cm³/mol. The maximum absolute atomic E-state index is 9.97. The van der Waals surface area contributed by atoms with Gasteiger partial charge in [-0.3, -0.25) is 10.1 Å². The van der Waals surface area contributed by atoms with Crippen molar-refractivity contribution in [3.63, 3.8) is 0 Å². The fourth-order valence-electron chi connectivity index (χ4n) is 0.732. The van der Waals surface area contributed by atoms with Crippen LogP contribution >= 0.6 is 17.0 Å². The van der Waals surface area contributed by atoms with Gasteiger partial charge in [0.25, 0.3) is 0 Å². The Kier molecular flexibility index (Phi) is 4.45. The normalized spacial score (nSPS) is 8.36. The van der Waals surface area contributed by atoms with Gasteiger partial charge in [0.05, 0.1) is 0 Å². The second-order valence-electron chi connectivity index (χ2n) is 1.98. The number of halogens is 1. The zero-order chi connectivity index (χ0) is 7.40. The third kappa shape index (κ3) is 3.72. The van der Waals surface area contributed by atoms with E-state index in [2.05, 4.69) is 0 Å². The van der Waals surface area contributed by atoms with Gasteiger partial charge in [0.15, 0.2) is 0 Å². The number of hydrogen-bond acceptors (Lipinski definition) is 2. The van der Waals surface area contributed by atoms with E-state index < -0.39 is 0 Å². The molecule has 0 radical (unpaired) electrons. The average Bonchev–Trinajstić information content (AvgIpc) is 1.88. The van der Waals surface area contributed by atoms with E-state index in [0.717, 1.165) is 5.56 Å². The molecule has 1 aromatic rings. The molecule has 0 amide bonds. The highest BCUT2D eigenvalue weighted by Gasteiger charge is 1.97. The molecule has 3 nitrogen and oxygen atoms in total. The van der Waals surface area contributed by atoms with E-state index in [0.29, 0.717) is 0 Å². The zero-order valence-electron chi connectivity index (χ0n) is 5.77. The summed E-state index contributed by atoms with van der Waals surface area (Å²) in [4.78, 5) is 9.64. The van der Waals surface area contributed by atoms with Crippen LogP contribution in [0.5, 0.6) is 0 Å². The molecule has 0 aliphatic rings. The van der Waals surface area contributed by atoms with Crippen molar-refractivity contribution in [1.82, 2.24) is 0 Å². The number of rotatable bonds is 2. The summed E-state index contributed by atoms with van der Waals surface area (Å²) in [5.41, 5.74) is 0.743. The van der Waals surface area contributed by atoms with Crippen molar-refractivity contribution in [2.75, 3.05) is 0 Å². The largest absolute Gasteiger partial charge is 0.264 e. The molecule has 0 unspecified atom stereocenters. The standard InChI is InChI=1S/C7H7NO2.BrH/c9-8(10)6-7-4-2-1-3-5-7;/h1-5H,6H2;1H. The highest BCUT2D eigenvalue weighted by atomic mass is 79.9. The lowest BCUT2D eigenvalue weighted by atomic mass is 10.2. The highest BCUT2D eigenvalue weighted by molar-refractivity contribution is 8.93. The van der Waals surface area contributed by atoms with Crippen molar-refractivity contribution < 1.29 is 4.92 Å². The third-order valence-corrected chi connectivity index (χ3v) is 1.15. The van der Waals surface area contributed by atoms with Gasteiger partial charge < -0.3 is 0 Å². The molecule has 0 spiro atoms. The fraction of sp³-hybridized carbons (Fsp3) is 0.143. The number of benzene rings is 1. The van der Waals surface area contributed by atoms with E-state index in [1.165, 1.54) is 0 Å². The lowest BCUT2D eigenvalue weighted by Gasteiger charge is -1.90. The SMILES string of the molecule is Br.O=[N+]([O-])Cc1ccccc1. The van der Waals surface area contributed by atoms with Crippen LogP contribution in [0.25, 0.3) is 0 Å². The summed E-state index contributed by atoms with van der Waals surface area (Å²) in [6.07, 6.45) is 0. The van der Waals surface area contributed by atoms with Gasteiger partial charge in [-0.1, -0.05) is 30.3 Å². The van der Waals surface area contributed by atoms with Gasteiger partial charge in [-0.05, 0) is 0 Å². The Morgan fingerprint density at radius 2 is 1.82 bits per heavy atom. The van der Waals surface area contributed by atoms with Crippen LogP contribution in [0.2, 0.25) is 0 Å². The third-order valence-electron chi connectivity index (χ3n) is 1.15. The van der Waals surface area contributed by atoms with Crippen LogP contribution in [-0.2, 0) is 6.54 Å². The molecule has 0 bridgehead atoms. The Morgan fingerprint density at radius 1 is 1.27 bits per heavy atom. The van der Waals surface area contributed by atoms with Gasteiger partial charge in [0.1, 0.15) is 0 Å². The highest BCUT2D eigenvalue weighted by Crippen LogP contribution is 1.98. The summed E-state index contributed by atoms with van der Waals surface area (Å²) in [6.45, 7) is -0.0825. The molecule has 0 saturated heterocycles. The minimum Gasteiger partial charge on any atom is -0.264 e. The molecule has 4 heteroatoms. The molecule has 0 aromatic heterocycles. The van der Waals surface area contributed by atoms with Crippen molar-refractivity contribution in [3.05, 3.63) is 46.0 Å². The van der Waals surface area contributed by atoms with Crippen LogP contribution in [0.4, 0.5) is 0 Å². The van der Waals surface area contributed by atoms with Crippen molar-refractivity contribution in [3.8, 4) is 0 Å². The van der Waals surface area contributed by atoms with Gasteiger partial charge in [-0.25, -0.2) is 0 Å². The predicted octanol–water partition coefficient (Wildman–Crippen LogP) is 2.04. The van der Waals surface area contributed by atoms with Crippen LogP contribution in [0.3, 0.4) is 0 Å². The monoisotopic (exact) mass is 217 g/mol. The summed E-state index contributed by atoms with van der Waals surface area (Å²) in [6, 6.07) is 8.90. The quantitative estimate of drug-likeness (QED) is 0.563. The number of hydrogen-bond donors (Lipinski definition) is 0. The Morgan fingerprint density at radius 3 is 2.27 bits per heavy atom. The lowest BCUT2D eigenvalue weighted by Crippen LogP contribution is -1.96. The maximum Gasteiger partial charge on any atom is 0.228 e. The number of nitrogens with zero attached hydrogens (tertiary/aromatic N) is 1. The summed E-state index contributed by atoms with van der Waals surface area (Å²) in [5, 5.41) is 9.97. The molecular weight excluding hydrogens is 210 g/mol. The van der Waals surface area contributed by atoms with Crippen LogP contribution in [0.1, 0.15) is 5.56 Å². The molecule has 1 rings (SSSR count). The van der Waals surface area contributed by atoms with Crippen molar-refractivity contribution in [2.24, 2.45) is 0 Å². The van der Waals surface area contributed by atoms with E-state index >= 15 is 0 Å². The minimum absolute atomic E-state index is 0. The van der Waals surface area contributed by atoms with E-state index in [9.17, 15) is 10.1 Å². The van der Waals surface area contributed by atoms with Gasteiger partial charge in [-0.15, -0.1) is 17.0 Å². The van der Waals surface area contributed by atoms with E-state index in [-0.39, 0.29) is 28.4 Å². The second kappa shape index (κ2) is 4.85. The lowest BCUT2D eigenvalue weighted by molar-refractivity contribution is -0.496.